The Bertz CT molecular complexity index is 2410. The van der Waals surface area contributed by atoms with Crippen LogP contribution in [0.4, 0.5) is 45.5 Å². The molecule has 1 atom stereocenters. The maximum Gasteiger partial charge on any atom is 0.252 e. The van der Waals surface area contributed by atoms with E-state index in [9.17, 15) is 0 Å². The highest BCUT2D eigenvalue weighted by atomic mass is 15.2. The molecule has 0 bridgehead atoms. The van der Waals surface area contributed by atoms with Crippen LogP contribution >= 0.6 is 0 Å². The lowest BCUT2D eigenvalue weighted by Gasteiger charge is -2.47. The van der Waals surface area contributed by atoms with Crippen LogP contribution in [0.5, 0.6) is 0 Å². The van der Waals surface area contributed by atoms with Gasteiger partial charge >= 0.3 is 0 Å². The number of fused-ring (bicyclic) bond motifs is 4. The van der Waals surface area contributed by atoms with E-state index in [1.54, 1.807) is 0 Å². The first-order valence-corrected chi connectivity index (χ1v) is 18.6. The van der Waals surface area contributed by atoms with Gasteiger partial charge in [-0.2, -0.15) is 0 Å². The molecule has 1 unspecified atom stereocenters. The largest absolute Gasteiger partial charge is 0.335 e. The molecule has 6 aromatic rings. The fraction of sp³-hybridized carbons (Fsp3) is 0.167. The average molecular weight is 674 g/mol. The molecule has 1 aliphatic carbocycles. The molecule has 52 heavy (non-hydrogen) atoms. The molecule has 0 radical (unpaired) electrons. The molecule has 2 heterocycles. The number of allylic oxidation sites excluding steroid dienone is 2. The molecular formula is C48H44BN3. The van der Waals surface area contributed by atoms with Gasteiger partial charge in [-0.15, -0.1) is 0 Å². The van der Waals surface area contributed by atoms with Crippen LogP contribution in [0.15, 0.2) is 145 Å². The first-order chi connectivity index (χ1) is 25.2. The lowest BCUT2D eigenvalue weighted by molar-refractivity contribution is 0.758. The summed E-state index contributed by atoms with van der Waals surface area (Å²) in [5.74, 6) is 0. The molecule has 254 valence electrons. The predicted octanol–water partition coefficient (Wildman–Crippen LogP) is 10.7. The van der Waals surface area contributed by atoms with Gasteiger partial charge in [0.15, 0.2) is 0 Å². The molecule has 0 aromatic heterocycles. The van der Waals surface area contributed by atoms with E-state index in [-0.39, 0.29) is 12.8 Å². The monoisotopic (exact) mass is 673 g/mol. The zero-order valence-corrected chi connectivity index (χ0v) is 31.0. The second-order valence-electron chi connectivity index (χ2n) is 15.2. The van der Waals surface area contributed by atoms with Crippen molar-refractivity contribution < 1.29 is 0 Å². The van der Waals surface area contributed by atoms with E-state index in [4.69, 9.17) is 0 Å². The van der Waals surface area contributed by atoms with Gasteiger partial charge in [0.2, 0.25) is 0 Å². The van der Waals surface area contributed by atoms with Crippen LogP contribution in [0.25, 0.3) is 0 Å². The van der Waals surface area contributed by atoms with Gasteiger partial charge in [-0.05, 0) is 153 Å². The van der Waals surface area contributed by atoms with Crippen LogP contribution in [-0.4, -0.2) is 12.8 Å². The summed E-state index contributed by atoms with van der Waals surface area (Å²) in [4.78, 5) is 7.66. The minimum Gasteiger partial charge on any atom is -0.335 e. The van der Waals surface area contributed by atoms with Crippen molar-refractivity contribution in [3.63, 3.8) is 0 Å². The van der Waals surface area contributed by atoms with Crippen molar-refractivity contribution in [2.75, 3.05) is 14.7 Å². The Labute approximate surface area is 309 Å². The molecule has 0 spiro atoms. The summed E-state index contributed by atoms with van der Waals surface area (Å²) in [5, 5.41) is 0. The van der Waals surface area contributed by atoms with Crippen molar-refractivity contribution >= 4 is 68.6 Å². The van der Waals surface area contributed by atoms with Crippen molar-refractivity contribution in [2.24, 2.45) is 0 Å². The Kier molecular flexibility index (Phi) is 7.73. The number of anilines is 8. The molecular weight excluding hydrogens is 629 g/mol. The van der Waals surface area contributed by atoms with Gasteiger partial charge in [-0.1, -0.05) is 84.5 Å². The second kappa shape index (κ2) is 12.5. The molecule has 3 nitrogen and oxygen atoms in total. The third kappa shape index (κ3) is 5.37. The minimum atomic E-state index is 0.0955. The van der Waals surface area contributed by atoms with E-state index < -0.39 is 0 Å². The molecule has 9 rings (SSSR count). The SMILES string of the molecule is CC1=CC=CC(N2c3cc(C)ccc3B3c4ccc(C)cc4N(c4cccc(C)c4)c4cc(N(c5cccc(C)c5)c5cccc(C)c5)cc2c43)C1. The normalized spacial score (nSPS) is 15.5. The van der Waals surface area contributed by atoms with Gasteiger partial charge in [0.05, 0.1) is 11.7 Å². The first-order valence-electron chi connectivity index (χ1n) is 18.6. The van der Waals surface area contributed by atoms with E-state index in [1.165, 1.54) is 78.2 Å². The summed E-state index contributed by atoms with van der Waals surface area (Å²) in [6, 6.07) is 46.1. The Morgan fingerprint density at radius 3 is 1.75 bits per heavy atom. The Hall–Kier alpha value is -5.74. The van der Waals surface area contributed by atoms with Gasteiger partial charge in [0, 0.05) is 39.8 Å². The van der Waals surface area contributed by atoms with Crippen LogP contribution in [0.2, 0.25) is 0 Å². The van der Waals surface area contributed by atoms with Gasteiger partial charge < -0.3 is 14.7 Å². The quantitative estimate of drug-likeness (QED) is 0.168. The maximum atomic E-state index is 2.66. The van der Waals surface area contributed by atoms with Gasteiger partial charge in [0.1, 0.15) is 0 Å². The van der Waals surface area contributed by atoms with Crippen molar-refractivity contribution in [2.45, 2.75) is 54.0 Å². The molecule has 0 saturated heterocycles. The molecule has 0 saturated carbocycles. The summed E-state index contributed by atoms with van der Waals surface area (Å²) < 4.78 is 0. The zero-order chi connectivity index (χ0) is 35.7. The molecule has 3 aliphatic rings. The first kappa shape index (κ1) is 32.2. The second-order valence-corrected chi connectivity index (χ2v) is 15.2. The van der Waals surface area contributed by atoms with Gasteiger partial charge in [-0.25, -0.2) is 0 Å². The molecule has 0 fully saturated rings. The van der Waals surface area contributed by atoms with E-state index in [2.05, 4.69) is 196 Å². The highest BCUT2D eigenvalue weighted by Gasteiger charge is 2.44. The molecule has 0 amide bonds. The van der Waals surface area contributed by atoms with Crippen molar-refractivity contribution in [1.29, 1.82) is 0 Å². The average Bonchev–Trinajstić information content (AvgIpc) is 3.11. The summed E-state index contributed by atoms with van der Waals surface area (Å²) in [6.07, 6.45) is 7.89. The lowest BCUT2D eigenvalue weighted by atomic mass is 9.33. The highest BCUT2D eigenvalue weighted by molar-refractivity contribution is 7.00. The van der Waals surface area contributed by atoms with E-state index >= 15 is 0 Å². The standard InChI is InChI=1S/C48H44BN3/c1-31-11-7-15-37(23-31)50(38-16-8-12-32(2)24-38)41-29-46-48-47(30-41)52(40-18-10-14-34(4)26-40)45-28-36(6)20-22-43(45)49(48)42-21-19-35(5)27-44(42)51(46)39-17-9-13-33(3)25-39/h7-25,27-30,40H,26H2,1-6H3. The van der Waals surface area contributed by atoms with Crippen molar-refractivity contribution in [1.82, 2.24) is 0 Å². The van der Waals surface area contributed by atoms with E-state index in [1.807, 2.05) is 0 Å². The topological polar surface area (TPSA) is 9.72 Å². The van der Waals surface area contributed by atoms with E-state index in [0.29, 0.717) is 0 Å². The van der Waals surface area contributed by atoms with Crippen LogP contribution in [0, 0.1) is 34.6 Å². The van der Waals surface area contributed by atoms with Crippen LogP contribution in [0.1, 0.15) is 41.2 Å². The third-order valence-corrected chi connectivity index (χ3v) is 11.0. The Morgan fingerprint density at radius 1 is 0.538 bits per heavy atom. The Morgan fingerprint density at radius 2 is 1.12 bits per heavy atom. The maximum absolute atomic E-state index is 2.66. The van der Waals surface area contributed by atoms with Crippen LogP contribution in [-0.2, 0) is 0 Å². The lowest BCUT2D eigenvalue weighted by Crippen LogP contribution is -2.62. The number of hydrogen-bond acceptors (Lipinski definition) is 3. The molecule has 2 aliphatic heterocycles. The summed E-state index contributed by atoms with van der Waals surface area (Å²) >= 11 is 0. The predicted molar refractivity (Wildman–Crippen MR) is 224 cm³/mol. The molecule has 0 N–H and O–H groups in total. The zero-order valence-electron chi connectivity index (χ0n) is 31.0. The highest BCUT2D eigenvalue weighted by Crippen LogP contribution is 2.47. The van der Waals surface area contributed by atoms with E-state index in [0.717, 1.165) is 23.5 Å². The number of nitrogens with zero attached hydrogens (tertiary/aromatic N) is 3. The van der Waals surface area contributed by atoms with Crippen LogP contribution < -0.4 is 31.1 Å². The van der Waals surface area contributed by atoms with Gasteiger partial charge in [-0.3, -0.25) is 0 Å². The van der Waals surface area contributed by atoms with Crippen LogP contribution in [0.3, 0.4) is 0 Å². The Balaban J connectivity index is 1.41. The number of rotatable bonds is 5. The van der Waals surface area contributed by atoms with Gasteiger partial charge in [0.25, 0.3) is 6.71 Å². The van der Waals surface area contributed by atoms with Crippen molar-refractivity contribution in [3.8, 4) is 0 Å². The number of aryl methyl sites for hydroxylation is 5. The molecule has 6 aromatic carbocycles. The fourth-order valence-corrected chi connectivity index (χ4v) is 8.73. The third-order valence-electron chi connectivity index (χ3n) is 11.0. The summed E-state index contributed by atoms with van der Waals surface area (Å²) in [6.45, 7) is 13.4. The van der Waals surface area contributed by atoms with Crippen molar-refractivity contribution in [3.05, 3.63) is 173 Å². The number of hydrogen-bond donors (Lipinski definition) is 0. The number of benzene rings is 6. The molecule has 4 heteroatoms. The smallest absolute Gasteiger partial charge is 0.252 e. The summed E-state index contributed by atoms with van der Waals surface area (Å²) in [7, 11) is 0. The summed E-state index contributed by atoms with van der Waals surface area (Å²) in [5.41, 5.74) is 21.4. The fourth-order valence-electron chi connectivity index (χ4n) is 8.73. The minimum absolute atomic E-state index is 0.0955.